The van der Waals surface area contributed by atoms with Gasteiger partial charge in [0.15, 0.2) is 11.5 Å². The Morgan fingerprint density at radius 3 is 2.42 bits per heavy atom. The van der Waals surface area contributed by atoms with Crippen molar-refractivity contribution in [1.29, 1.82) is 0 Å². The molecule has 5 nitrogen and oxygen atoms in total. The zero-order chi connectivity index (χ0) is 32.5. The summed E-state index contributed by atoms with van der Waals surface area (Å²) in [4.78, 5) is 24.2. The number of allylic oxidation sites excluding steroid dienone is 5. The van der Waals surface area contributed by atoms with Gasteiger partial charge in [-0.3, -0.25) is 4.79 Å². The molecule has 1 aromatic rings. The molecule has 0 spiro atoms. The molecular formula is C40H54O5. The molecule has 0 aliphatic heterocycles. The van der Waals surface area contributed by atoms with Crippen LogP contribution in [0.1, 0.15) is 99.0 Å². The molecule has 0 N–H and O–H groups in total. The third kappa shape index (κ3) is 6.74. The Labute approximate surface area is 271 Å². The van der Waals surface area contributed by atoms with E-state index in [1.54, 1.807) is 29.8 Å². The van der Waals surface area contributed by atoms with Gasteiger partial charge in [-0.15, -0.1) is 0 Å². The lowest BCUT2D eigenvalue weighted by Gasteiger charge is -2.55. The Morgan fingerprint density at radius 2 is 1.71 bits per heavy atom. The van der Waals surface area contributed by atoms with Crippen molar-refractivity contribution < 1.29 is 23.8 Å². The van der Waals surface area contributed by atoms with E-state index >= 15 is 0 Å². The number of hydrogen-bond acceptors (Lipinski definition) is 5. The number of carbonyl (C=O) groups excluding carboxylic acids is 2. The summed E-state index contributed by atoms with van der Waals surface area (Å²) in [6.45, 7) is 15.9. The van der Waals surface area contributed by atoms with Gasteiger partial charge in [-0.1, -0.05) is 83.1 Å². The Morgan fingerprint density at radius 1 is 0.933 bits per heavy atom. The fraction of sp³-hybridized carbons (Fsp3) is 0.600. The van der Waals surface area contributed by atoms with E-state index in [4.69, 9.17) is 14.2 Å². The first-order valence-electron chi connectivity index (χ1n) is 17.2. The molecule has 45 heavy (non-hydrogen) atoms. The van der Waals surface area contributed by atoms with Gasteiger partial charge in [-0.2, -0.15) is 0 Å². The van der Waals surface area contributed by atoms with Crippen LogP contribution in [-0.2, 0) is 14.3 Å². The van der Waals surface area contributed by atoms with Crippen LogP contribution in [0.4, 0.5) is 0 Å². The lowest BCUT2D eigenvalue weighted by Crippen LogP contribution is -2.46. The van der Waals surface area contributed by atoms with E-state index in [-0.39, 0.29) is 17.5 Å². The largest absolute Gasteiger partial charge is 0.493 e. The number of methoxy groups -OCH3 is 1. The lowest BCUT2D eigenvalue weighted by atomic mass is 9.50. The summed E-state index contributed by atoms with van der Waals surface area (Å²) >= 11 is 0. The summed E-state index contributed by atoms with van der Waals surface area (Å²) in [5.41, 5.74) is 4.45. The third-order valence-electron chi connectivity index (χ3n) is 12.1. The summed E-state index contributed by atoms with van der Waals surface area (Å²) in [7, 11) is 1.52. The van der Waals surface area contributed by atoms with E-state index in [0.29, 0.717) is 46.5 Å². The highest BCUT2D eigenvalue weighted by Gasteiger charge is 2.57. The van der Waals surface area contributed by atoms with Crippen molar-refractivity contribution >= 4 is 18.0 Å². The Bertz CT molecular complexity index is 1400. The average Bonchev–Trinajstić information content (AvgIpc) is 3.36. The molecule has 0 amide bonds. The summed E-state index contributed by atoms with van der Waals surface area (Å²) in [6, 6.07) is 5.17. The molecule has 0 saturated heterocycles. The van der Waals surface area contributed by atoms with Crippen LogP contribution in [0.3, 0.4) is 0 Å². The molecule has 244 valence electrons. The van der Waals surface area contributed by atoms with E-state index in [1.807, 2.05) is 0 Å². The van der Waals surface area contributed by atoms with E-state index in [9.17, 15) is 9.59 Å². The molecule has 1 aromatic carbocycles. The van der Waals surface area contributed by atoms with Crippen molar-refractivity contribution in [2.75, 3.05) is 7.11 Å². The van der Waals surface area contributed by atoms with Gasteiger partial charge in [0.1, 0.15) is 6.10 Å². The molecule has 0 heterocycles. The molecule has 0 unspecified atom stereocenters. The first-order valence-corrected chi connectivity index (χ1v) is 17.2. The molecule has 3 fully saturated rings. The number of benzene rings is 1. The molecule has 3 saturated carbocycles. The van der Waals surface area contributed by atoms with Gasteiger partial charge in [0, 0.05) is 19.4 Å². The van der Waals surface area contributed by atoms with Gasteiger partial charge in [-0.05, 0) is 109 Å². The van der Waals surface area contributed by atoms with Crippen LogP contribution in [-0.4, -0.2) is 25.2 Å². The highest BCUT2D eigenvalue weighted by Crippen LogP contribution is 2.66. The fourth-order valence-corrected chi connectivity index (χ4v) is 9.08. The van der Waals surface area contributed by atoms with Gasteiger partial charge in [0.2, 0.25) is 0 Å². The summed E-state index contributed by atoms with van der Waals surface area (Å²) in [6.07, 6.45) is 20.9. The maximum atomic E-state index is 12.8. The standard InChI is InChI=1S/C40H54O5/c1-25(2)26(3)9-10-27(4)33-15-16-34-32-14-13-30-24-31(19-21-39(30,6)35(32)20-22-40(33,34)7)45-38(42)18-12-29-11-17-36(44-28(5)41)37(23-29)43-8/h9-14,17-18,23,25-27,31,33-35H,15-16,19-22,24H2,1-8H3/b10-9?,18-12+/t26-,27+,31-,33+,34-,35-,39-,40+/m0/s1. The molecular weight excluding hydrogens is 560 g/mol. The first kappa shape index (κ1) is 33.3. The molecule has 0 bridgehead atoms. The fourth-order valence-electron chi connectivity index (χ4n) is 9.08. The highest BCUT2D eigenvalue weighted by atomic mass is 16.6. The van der Waals surface area contributed by atoms with Crippen molar-refractivity contribution in [3.63, 3.8) is 0 Å². The first-order chi connectivity index (χ1) is 21.4. The van der Waals surface area contributed by atoms with Crippen LogP contribution in [0, 0.1) is 46.3 Å². The molecule has 8 atom stereocenters. The minimum absolute atomic E-state index is 0.108. The van der Waals surface area contributed by atoms with Gasteiger partial charge in [0.05, 0.1) is 7.11 Å². The lowest BCUT2D eigenvalue weighted by molar-refractivity contribution is -0.144. The van der Waals surface area contributed by atoms with Crippen molar-refractivity contribution in [3.8, 4) is 11.5 Å². The number of hydrogen-bond donors (Lipinski definition) is 0. The average molecular weight is 615 g/mol. The number of carbonyl (C=O) groups is 2. The maximum Gasteiger partial charge on any atom is 0.331 e. The second-order valence-corrected chi connectivity index (χ2v) is 15.1. The van der Waals surface area contributed by atoms with Crippen LogP contribution >= 0.6 is 0 Å². The van der Waals surface area contributed by atoms with Gasteiger partial charge >= 0.3 is 11.9 Å². The maximum absolute atomic E-state index is 12.8. The Hall–Kier alpha value is -3.08. The molecule has 5 rings (SSSR count). The van der Waals surface area contributed by atoms with Crippen LogP contribution < -0.4 is 9.47 Å². The minimum Gasteiger partial charge on any atom is -0.493 e. The zero-order valence-corrected chi connectivity index (χ0v) is 28.7. The van der Waals surface area contributed by atoms with E-state index in [0.717, 1.165) is 30.7 Å². The third-order valence-corrected chi connectivity index (χ3v) is 12.1. The predicted octanol–water partition coefficient (Wildman–Crippen LogP) is 9.53. The molecule has 5 heteroatoms. The summed E-state index contributed by atoms with van der Waals surface area (Å²) in [5.74, 6) is 3.98. The summed E-state index contributed by atoms with van der Waals surface area (Å²) < 4.78 is 16.5. The van der Waals surface area contributed by atoms with Crippen LogP contribution in [0.25, 0.3) is 6.08 Å². The Kier molecular flexibility index (Phi) is 9.87. The topological polar surface area (TPSA) is 61.8 Å². The van der Waals surface area contributed by atoms with Crippen molar-refractivity contribution in [3.05, 3.63) is 65.3 Å². The second kappa shape index (κ2) is 13.3. The number of fused-ring (bicyclic) bond motifs is 5. The van der Waals surface area contributed by atoms with Gasteiger partial charge in [0.25, 0.3) is 0 Å². The van der Waals surface area contributed by atoms with Crippen LogP contribution in [0.2, 0.25) is 0 Å². The highest BCUT2D eigenvalue weighted by molar-refractivity contribution is 5.87. The SMILES string of the molecule is COc1cc(/C=C/C(=O)O[C@H]2CC[C@@]3(C)C(=CC=C4[C@@H]5CC[C@H]([C@H](C)C=C[C@H](C)C(C)C)[C@@]5(C)CC[C@@H]43)C2)ccc1OC(C)=O. The monoisotopic (exact) mass is 614 g/mol. The quantitative estimate of drug-likeness (QED) is 0.120. The van der Waals surface area contributed by atoms with Crippen LogP contribution in [0.5, 0.6) is 11.5 Å². The van der Waals surface area contributed by atoms with Crippen molar-refractivity contribution in [1.82, 2.24) is 0 Å². The van der Waals surface area contributed by atoms with E-state index in [1.165, 1.54) is 51.4 Å². The number of esters is 2. The van der Waals surface area contributed by atoms with E-state index in [2.05, 4.69) is 65.8 Å². The predicted molar refractivity (Wildman–Crippen MR) is 181 cm³/mol. The number of rotatable bonds is 9. The molecule has 0 aromatic heterocycles. The van der Waals surface area contributed by atoms with Gasteiger partial charge < -0.3 is 14.2 Å². The smallest absolute Gasteiger partial charge is 0.331 e. The normalized spacial score (nSPS) is 32.3. The summed E-state index contributed by atoms with van der Waals surface area (Å²) in [5, 5.41) is 0. The molecule has 0 radical (unpaired) electrons. The second-order valence-electron chi connectivity index (χ2n) is 15.1. The number of ether oxygens (including phenoxy) is 3. The van der Waals surface area contributed by atoms with Crippen molar-refractivity contribution in [2.45, 2.75) is 99.5 Å². The molecule has 4 aliphatic rings. The zero-order valence-electron chi connectivity index (χ0n) is 28.7. The van der Waals surface area contributed by atoms with Crippen molar-refractivity contribution in [2.24, 2.45) is 46.3 Å². The molecule has 4 aliphatic carbocycles. The van der Waals surface area contributed by atoms with Crippen LogP contribution in [0.15, 0.2) is 59.7 Å². The Balaban J connectivity index is 1.24. The van der Waals surface area contributed by atoms with Gasteiger partial charge in [-0.25, -0.2) is 4.79 Å². The minimum atomic E-state index is -0.414. The van der Waals surface area contributed by atoms with E-state index < -0.39 is 5.97 Å².